The van der Waals surface area contributed by atoms with Crippen LogP contribution in [0.4, 0.5) is 4.39 Å². The fraction of sp³-hybridized carbons (Fsp3) is 0.333. The Kier molecular flexibility index (Phi) is 3.76. The largest absolute Gasteiger partial charge is 0.206 e. The molecule has 0 aliphatic carbocycles. The number of benzene rings is 1. The minimum Gasteiger partial charge on any atom is -0.206 e. The zero-order chi connectivity index (χ0) is 10.7. The van der Waals surface area contributed by atoms with E-state index in [0.29, 0.717) is 0 Å². The molecule has 0 saturated heterocycles. The molecule has 0 radical (unpaired) electrons. The van der Waals surface area contributed by atoms with Gasteiger partial charge in [-0.3, -0.25) is 0 Å². The molecule has 0 aliphatic heterocycles. The van der Waals surface area contributed by atoms with Gasteiger partial charge in [0, 0.05) is 4.90 Å². The summed E-state index contributed by atoms with van der Waals surface area (Å²) in [5, 5.41) is 0. The average Bonchev–Trinajstić information content (AvgIpc) is 2.15. The van der Waals surface area contributed by atoms with Gasteiger partial charge >= 0.3 is 0 Å². The van der Waals surface area contributed by atoms with Crippen LogP contribution < -0.4 is 0 Å². The van der Waals surface area contributed by atoms with E-state index in [-0.39, 0.29) is 5.82 Å². The van der Waals surface area contributed by atoms with E-state index < -0.39 is 0 Å². The van der Waals surface area contributed by atoms with E-state index in [1.807, 2.05) is 39.2 Å². The molecular weight excluding hydrogens is 195 g/mol. The summed E-state index contributed by atoms with van der Waals surface area (Å²) in [7, 11) is 0. The van der Waals surface area contributed by atoms with Crippen molar-refractivity contribution >= 4 is 17.8 Å². The van der Waals surface area contributed by atoms with Gasteiger partial charge < -0.3 is 0 Å². The van der Waals surface area contributed by atoms with Crippen molar-refractivity contribution in [1.82, 2.24) is 0 Å². The van der Waals surface area contributed by atoms with E-state index in [4.69, 9.17) is 0 Å². The van der Waals surface area contributed by atoms with E-state index in [1.165, 1.54) is 11.8 Å². The molecule has 0 atom stereocenters. The standard InChI is InChI=1S/C12H15FS/c1-5-6-10-7-11(13)12(14-4)9(3)8(10)2/h5-7H,1-4H3/b6-5+. The Bertz CT molecular complexity index is 367. The molecule has 14 heavy (non-hydrogen) atoms. The fourth-order valence-corrected chi connectivity index (χ4v) is 2.19. The molecule has 0 nitrogen and oxygen atoms in total. The summed E-state index contributed by atoms with van der Waals surface area (Å²) in [5.41, 5.74) is 3.18. The SMILES string of the molecule is C/C=C/c1cc(F)c(SC)c(C)c1C. The maximum Gasteiger partial charge on any atom is 0.137 e. The minimum atomic E-state index is -0.117. The summed E-state index contributed by atoms with van der Waals surface area (Å²) in [6.45, 7) is 5.94. The van der Waals surface area contributed by atoms with Gasteiger partial charge in [0.05, 0.1) is 0 Å². The van der Waals surface area contributed by atoms with Crippen LogP contribution in [0.2, 0.25) is 0 Å². The third kappa shape index (κ3) is 2.01. The molecular formula is C12H15FS. The Morgan fingerprint density at radius 2 is 1.93 bits per heavy atom. The second-order valence-electron chi connectivity index (χ2n) is 3.23. The first-order chi connectivity index (χ1) is 6.61. The molecule has 0 fully saturated rings. The highest BCUT2D eigenvalue weighted by molar-refractivity contribution is 7.98. The lowest BCUT2D eigenvalue weighted by Crippen LogP contribution is -1.93. The Labute approximate surface area is 89.2 Å². The molecule has 76 valence electrons. The fourth-order valence-electron chi connectivity index (χ4n) is 1.48. The number of hydrogen-bond donors (Lipinski definition) is 0. The third-order valence-electron chi connectivity index (χ3n) is 2.39. The molecule has 2 heteroatoms. The van der Waals surface area contributed by atoms with E-state index in [1.54, 1.807) is 6.07 Å². The average molecular weight is 210 g/mol. The Morgan fingerprint density at radius 3 is 2.43 bits per heavy atom. The lowest BCUT2D eigenvalue weighted by atomic mass is 10.0. The normalized spacial score (nSPS) is 11.2. The molecule has 0 N–H and O–H groups in total. The van der Waals surface area contributed by atoms with Crippen molar-refractivity contribution in [2.24, 2.45) is 0 Å². The quantitative estimate of drug-likeness (QED) is 0.659. The van der Waals surface area contributed by atoms with Crippen molar-refractivity contribution in [3.05, 3.63) is 34.6 Å². The summed E-state index contributed by atoms with van der Waals surface area (Å²) in [6.07, 6.45) is 5.77. The van der Waals surface area contributed by atoms with Crippen LogP contribution in [0, 0.1) is 19.7 Å². The highest BCUT2D eigenvalue weighted by atomic mass is 32.2. The highest BCUT2D eigenvalue weighted by Crippen LogP contribution is 2.28. The molecule has 0 aromatic heterocycles. The predicted molar refractivity (Wildman–Crippen MR) is 62.4 cm³/mol. The van der Waals surface area contributed by atoms with Crippen molar-refractivity contribution in [3.8, 4) is 0 Å². The number of hydrogen-bond acceptors (Lipinski definition) is 1. The lowest BCUT2D eigenvalue weighted by molar-refractivity contribution is 0.598. The maximum atomic E-state index is 13.6. The molecule has 1 aromatic rings. The smallest absolute Gasteiger partial charge is 0.137 e. The van der Waals surface area contributed by atoms with Crippen LogP contribution in [-0.4, -0.2) is 6.26 Å². The third-order valence-corrected chi connectivity index (χ3v) is 3.30. The predicted octanol–water partition coefficient (Wildman–Crippen LogP) is 4.20. The van der Waals surface area contributed by atoms with Gasteiger partial charge in [0.1, 0.15) is 5.82 Å². The molecule has 0 bridgehead atoms. The first-order valence-corrected chi connectivity index (χ1v) is 5.80. The number of allylic oxidation sites excluding steroid dienone is 1. The van der Waals surface area contributed by atoms with Gasteiger partial charge in [-0.05, 0) is 49.8 Å². The molecule has 0 spiro atoms. The van der Waals surface area contributed by atoms with Crippen molar-refractivity contribution in [1.29, 1.82) is 0 Å². The Morgan fingerprint density at radius 1 is 1.29 bits per heavy atom. The van der Waals surface area contributed by atoms with Crippen LogP contribution >= 0.6 is 11.8 Å². The number of halogens is 1. The van der Waals surface area contributed by atoms with Crippen LogP contribution in [0.1, 0.15) is 23.6 Å². The topological polar surface area (TPSA) is 0 Å². The van der Waals surface area contributed by atoms with Crippen LogP contribution in [-0.2, 0) is 0 Å². The van der Waals surface area contributed by atoms with Crippen LogP contribution in [0.5, 0.6) is 0 Å². The van der Waals surface area contributed by atoms with Crippen LogP contribution in [0.3, 0.4) is 0 Å². The van der Waals surface area contributed by atoms with Crippen LogP contribution in [0.15, 0.2) is 17.0 Å². The van der Waals surface area contributed by atoms with Crippen molar-refractivity contribution in [3.63, 3.8) is 0 Å². The summed E-state index contributed by atoms with van der Waals surface area (Å²) < 4.78 is 13.6. The molecule has 0 amide bonds. The summed E-state index contributed by atoms with van der Waals surface area (Å²) in [4.78, 5) is 0.760. The van der Waals surface area contributed by atoms with Gasteiger partial charge in [-0.2, -0.15) is 0 Å². The Balaban J connectivity index is 3.39. The molecule has 0 heterocycles. The van der Waals surface area contributed by atoms with Gasteiger partial charge in [-0.1, -0.05) is 12.2 Å². The molecule has 1 aromatic carbocycles. The van der Waals surface area contributed by atoms with Crippen molar-refractivity contribution in [2.75, 3.05) is 6.26 Å². The lowest BCUT2D eigenvalue weighted by Gasteiger charge is -2.10. The van der Waals surface area contributed by atoms with Gasteiger partial charge in [0.15, 0.2) is 0 Å². The monoisotopic (exact) mass is 210 g/mol. The van der Waals surface area contributed by atoms with Gasteiger partial charge in [0.25, 0.3) is 0 Å². The first-order valence-electron chi connectivity index (χ1n) is 4.58. The highest BCUT2D eigenvalue weighted by Gasteiger charge is 2.09. The van der Waals surface area contributed by atoms with E-state index >= 15 is 0 Å². The zero-order valence-electron chi connectivity index (χ0n) is 9.02. The first kappa shape index (κ1) is 11.3. The van der Waals surface area contributed by atoms with Gasteiger partial charge in [0.2, 0.25) is 0 Å². The minimum absolute atomic E-state index is 0.117. The number of thioether (sulfide) groups is 1. The van der Waals surface area contributed by atoms with Crippen molar-refractivity contribution < 1.29 is 4.39 Å². The van der Waals surface area contributed by atoms with Gasteiger partial charge in [-0.25, -0.2) is 4.39 Å². The summed E-state index contributed by atoms with van der Waals surface area (Å²) in [5.74, 6) is -0.117. The molecule has 0 unspecified atom stereocenters. The van der Waals surface area contributed by atoms with Crippen molar-refractivity contribution in [2.45, 2.75) is 25.7 Å². The maximum absolute atomic E-state index is 13.6. The zero-order valence-corrected chi connectivity index (χ0v) is 9.83. The van der Waals surface area contributed by atoms with Gasteiger partial charge in [-0.15, -0.1) is 11.8 Å². The summed E-state index contributed by atoms with van der Waals surface area (Å²) in [6, 6.07) is 1.61. The second-order valence-corrected chi connectivity index (χ2v) is 4.05. The van der Waals surface area contributed by atoms with E-state index in [2.05, 4.69) is 0 Å². The molecule has 0 aliphatic rings. The van der Waals surface area contributed by atoms with E-state index in [9.17, 15) is 4.39 Å². The molecule has 0 saturated carbocycles. The van der Waals surface area contributed by atoms with E-state index in [0.717, 1.165) is 21.6 Å². The second kappa shape index (κ2) is 4.65. The Hall–Kier alpha value is -0.760. The molecule has 1 rings (SSSR count). The summed E-state index contributed by atoms with van der Waals surface area (Å²) >= 11 is 1.46. The van der Waals surface area contributed by atoms with Crippen LogP contribution in [0.25, 0.3) is 6.08 Å². The number of rotatable bonds is 2.